The van der Waals surface area contributed by atoms with Crippen LogP contribution in [0.5, 0.6) is 5.88 Å². The average molecular weight is 307 g/mol. The van der Waals surface area contributed by atoms with Gasteiger partial charge in [-0.25, -0.2) is 9.97 Å². The molecule has 1 saturated heterocycles. The lowest BCUT2D eigenvalue weighted by atomic mass is 10.1. The van der Waals surface area contributed by atoms with E-state index in [9.17, 15) is 0 Å². The second kappa shape index (κ2) is 6.77. The number of nitrogens with zero attached hydrogens (tertiary/aromatic N) is 5. The first kappa shape index (κ1) is 14.2. The molecule has 0 radical (unpaired) electrons. The molecule has 1 aliphatic rings. The van der Waals surface area contributed by atoms with Gasteiger partial charge in [0.05, 0.1) is 12.8 Å². The van der Waals surface area contributed by atoms with Crippen molar-refractivity contribution in [1.29, 1.82) is 0 Å². The van der Waals surface area contributed by atoms with Crippen LogP contribution in [0.15, 0.2) is 18.6 Å². The predicted molar refractivity (Wildman–Crippen MR) is 78.5 cm³/mol. The SMILES string of the molecule is COCc1nsc(N2CCC(COc3cnccn3)C2)n1. The number of methoxy groups -OCH3 is 1. The third-order valence-corrected chi connectivity index (χ3v) is 4.11. The molecule has 21 heavy (non-hydrogen) atoms. The molecule has 0 N–H and O–H groups in total. The maximum atomic E-state index is 5.66. The van der Waals surface area contributed by atoms with Crippen LogP contribution in [0.25, 0.3) is 0 Å². The summed E-state index contributed by atoms with van der Waals surface area (Å²) in [5.41, 5.74) is 0. The number of anilines is 1. The molecule has 1 unspecified atom stereocenters. The van der Waals surface area contributed by atoms with Gasteiger partial charge in [-0.05, 0) is 6.42 Å². The van der Waals surface area contributed by atoms with E-state index in [0.717, 1.165) is 30.5 Å². The quantitative estimate of drug-likeness (QED) is 0.798. The Labute approximate surface area is 127 Å². The fourth-order valence-electron chi connectivity index (χ4n) is 2.27. The summed E-state index contributed by atoms with van der Waals surface area (Å²) in [6.45, 7) is 3.03. The minimum absolute atomic E-state index is 0.462. The van der Waals surface area contributed by atoms with Crippen molar-refractivity contribution >= 4 is 16.7 Å². The number of rotatable bonds is 6. The molecule has 1 aliphatic heterocycles. The van der Waals surface area contributed by atoms with Gasteiger partial charge >= 0.3 is 0 Å². The Morgan fingerprint density at radius 1 is 1.43 bits per heavy atom. The summed E-state index contributed by atoms with van der Waals surface area (Å²) in [5, 5.41) is 0.962. The van der Waals surface area contributed by atoms with E-state index >= 15 is 0 Å². The lowest BCUT2D eigenvalue weighted by Gasteiger charge is -2.14. The van der Waals surface area contributed by atoms with Gasteiger partial charge in [0.2, 0.25) is 11.0 Å². The third-order valence-electron chi connectivity index (χ3n) is 3.29. The van der Waals surface area contributed by atoms with Crippen LogP contribution in [0.1, 0.15) is 12.2 Å². The highest BCUT2D eigenvalue weighted by atomic mass is 32.1. The first-order valence-electron chi connectivity index (χ1n) is 6.80. The molecule has 112 valence electrons. The van der Waals surface area contributed by atoms with Crippen LogP contribution >= 0.6 is 11.5 Å². The minimum atomic E-state index is 0.462. The first-order valence-corrected chi connectivity index (χ1v) is 7.58. The molecule has 3 heterocycles. The Kier molecular flexibility index (Phi) is 4.56. The maximum Gasteiger partial charge on any atom is 0.232 e. The molecule has 2 aromatic heterocycles. The fourth-order valence-corrected chi connectivity index (χ4v) is 2.97. The first-order chi connectivity index (χ1) is 10.3. The van der Waals surface area contributed by atoms with Crippen LogP contribution in [0, 0.1) is 5.92 Å². The summed E-state index contributed by atoms with van der Waals surface area (Å²) in [6.07, 6.45) is 5.99. The van der Waals surface area contributed by atoms with Gasteiger partial charge in [0.15, 0.2) is 5.82 Å². The largest absolute Gasteiger partial charge is 0.476 e. The maximum absolute atomic E-state index is 5.66. The predicted octanol–water partition coefficient (Wildman–Crippen LogP) is 1.38. The second-order valence-electron chi connectivity index (χ2n) is 4.88. The molecule has 0 aromatic carbocycles. The van der Waals surface area contributed by atoms with Gasteiger partial charge in [0, 0.05) is 50.0 Å². The van der Waals surface area contributed by atoms with Crippen molar-refractivity contribution in [2.45, 2.75) is 13.0 Å². The number of hydrogen-bond donors (Lipinski definition) is 0. The van der Waals surface area contributed by atoms with Crippen LogP contribution in [0.4, 0.5) is 5.13 Å². The Balaban J connectivity index is 1.50. The van der Waals surface area contributed by atoms with Crippen LogP contribution in [0.3, 0.4) is 0 Å². The molecule has 0 bridgehead atoms. The third kappa shape index (κ3) is 3.64. The number of ether oxygens (including phenoxy) is 2. The number of aromatic nitrogens is 4. The standard InChI is InChI=1S/C13H17N5O2S/c1-19-9-11-16-13(21-17-11)18-5-2-10(7-18)8-20-12-6-14-3-4-15-12/h3-4,6,10H,2,5,7-9H2,1H3. The molecular formula is C13H17N5O2S. The zero-order valence-electron chi connectivity index (χ0n) is 11.8. The molecule has 3 rings (SSSR count). The van der Waals surface area contributed by atoms with Crippen molar-refractivity contribution in [3.8, 4) is 5.88 Å². The zero-order valence-corrected chi connectivity index (χ0v) is 12.6. The Hall–Kier alpha value is -1.80. The van der Waals surface area contributed by atoms with E-state index in [1.165, 1.54) is 11.5 Å². The van der Waals surface area contributed by atoms with Crippen molar-refractivity contribution in [3.63, 3.8) is 0 Å². The van der Waals surface area contributed by atoms with Crippen LogP contribution in [0.2, 0.25) is 0 Å². The Morgan fingerprint density at radius 2 is 2.38 bits per heavy atom. The smallest absolute Gasteiger partial charge is 0.232 e. The topological polar surface area (TPSA) is 73.3 Å². The van der Waals surface area contributed by atoms with Gasteiger partial charge in [-0.1, -0.05) is 0 Å². The summed E-state index contributed by atoms with van der Waals surface area (Å²) >= 11 is 1.42. The molecular weight excluding hydrogens is 290 g/mol. The highest BCUT2D eigenvalue weighted by Crippen LogP contribution is 2.25. The molecule has 2 aromatic rings. The van der Waals surface area contributed by atoms with Crippen molar-refractivity contribution < 1.29 is 9.47 Å². The van der Waals surface area contributed by atoms with Gasteiger partial charge in [-0.3, -0.25) is 4.98 Å². The molecule has 1 fully saturated rings. The van der Waals surface area contributed by atoms with Gasteiger partial charge < -0.3 is 14.4 Å². The van der Waals surface area contributed by atoms with E-state index < -0.39 is 0 Å². The van der Waals surface area contributed by atoms with E-state index in [2.05, 4.69) is 24.2 Å². The van der Waals surface area contributed by atoms with Gasteiger partial charge in [0.25, 0.3) is 0 Å². The van der Waals surface area contributed by atoms with Crippen LogP contribution in [-0.2, 0) is 11.3 Å². The van der Waals surface area contributed by atoms with E-state index in [1.54, 1.807) is 25.7 Å². The molecule has 7 nitrogen and oxygen atoms in total. The molecule has 1 atom stereocenters. The molecule has 0 saturated carbocycles. The Morgan fingerprint density at radius 3 is 3.19 bits per heavy atom. The van der Waals surface area contributed by atoms with E-state index in [1.807, 2.05) is 0 Å². The van der Waals surface area contributed by atoms with Crippen LogP contribution in [-0.4, -0.2) is 46.1 Å². The van der Waals surface area contributed by atoms with Gasteiger partial charge in [0.1, 0.15) is 6.61 Å². The van der Waals surface area contributed by atoms with Crippen molar-refractivity contribution in [2.24, 2.45) is 5.92 Å². The lowest BCUT2D eigenvalue weighted by Crippen LogP contribution is -2.21. The van der Waals surface area contributed by atoms with E-state index in [0.29, 0.717) is 25.0 Å². The molecule has 8 heteroatoms. The summed E-state index contributed by atoms with van der Waals surface area (Å²) in [7, 11) is 1.65. The number of hydrogen-bond acceptors (Lipinski definition) is 8. The van der Waals surface area contributed by atoms with Gasteiger partial charge in [-0.15, -0.1) is 0 Å². The molecule has 0 aliphatic carbocycles. The minimum Gasteiger partial charge on any atom is -0.476 e. The lowest BCUT2D eigenvalue weighted by molar-refractivity contribution is 0.179. The molecule has 0 amide bonds. The van der Waals surface area contributed by atoms with Crippen LogP contribution < -0.4 is 9.64 Å². The highest BCUT2D eigenvalue weighted by molar-refractivity contribution is 7.09. The van der Waals surface area contributed by atoms with Crippen molar-refractivity contribution in [2.75, 3.05) is 31.7 Å². The van der Waals surface area contributed by atoms with E-state index in [-0.39, 0.29) is 0 Å². The van der Waals surface area contributed by atoms with Crippen molar-refractivity contribution in [1.82, 2.24) is 19.3 Å². The summed E-state index contributed by atoms with van der Waals surface area (Å²) < 4.78 is 15.0. The summed E-state index contributed by atoms with van der Waals surface area (Å²) in [5.74, 6) is 1.80. The molecule has 0 spiro atoms. The fraction of sp³-hybridized carbons (Fsp3) is 0.538. The van der Waals surface area contributed by atoms with Crippen molar-refractivity contribution in [3.05, 3.63) is 24.4 Å². The zero-order chi connectivity index (χ0) is 14.5. The average Bonchev–Trinajstić information content (AvgIpc) is 3.15. The summed E-state index contributed by atoms with van der Waals surface area (Å²) in [6, 6.07) is 0. The van der Waals surface area contributed by atoms with Gasteiger partial charge in [-0.2, -0.15) is 4.37 Å². The normalized spacial score (nSPS) is 18.1. The Bertz CT molecular complexity index is 565. The second-order valence-corrected chi connectivity index (χ2v) is 5.61. The summed E-state index contributed by atoms with van der Waals surface area (Å²) in [4.78, 5) is 14.8. The van der Waals surface area contributed by atoms with E-state index in [4.69, 9.17) is 9.47 Å². The monoisotopic (exact) mass is 307 g/mol. The highest BCUT2D eigenvalue weighted by Gasteiger charge is 2.25.